The average molecular weight is 345 g/mol. The number of carbonyl (C=O) groups excluding carboxylic acids is 2. The first-order chi connectivity index (χ1) is 12.0. The molecule has 1 N–H and O–H groups in total. The standard InChI is InChI=1S/C17H20FN5O2/c1-22-14(4-9-21-22)15(24)23-10-5-17(18,6-11-23)16(25)20-12-13-2-7-19-8-3-13/h2-4,7-9H,5-6,10-12H2,1H3,(H,20,25). The molecule has 1 aliphatic rings. The molecule has 2 aromatic heterocycles. The molecule has 25 heavy (non-hydrogen) atoms. The van der Waals surface area contributed by atoms with E-state index in [1.54, 1.807) is 48.7 Å². The molecule has 2 amide bonds. The van der Waals surface area contributed by atoms with Crippen molar-refractivity contribution >= 4 is 11.8 Å². The van der Waals surface area contributed by atoms with Crippen molar-refractivity contribution in [2.45, 2.75) is 25.1 Å². The predicted octanol–water partition coefficient (Wildman–Crippen LogP) is 1.08. The molecule has 2 aromatic rings. The van der Waals surface area contributed by atoms with Crippen molar-refractivity contribution in [2.24, 2.45) is 7.05 Å². The lowest BCUT2D eigenvalue weighted by molar-refractivity contribution is -0.135. The highest BCUT2D eigenvalue weighted by Gasteiger charge is 2.42. The van der Waals surface area contributed by atoms with E-state index < -0.39 is 11.6 Å². The lowest BCUT2D eigenvalue weighted by atomic mass is 9.92. The zero-order chi connectivity index (χ0) is 17.9. The van der Waals surface area contributed by atoms with Crippen LogP contribution in [-0.2, 0) is 18.4 Å². The van der Waals surface area contributed by atoms with Crippen molar-refractivity contribution in [2.75, 3.05) is 13.1 Å². The van der Waals surface area contributed by atoms with E-state index in [4.69, 9.17) is 0 Å². The van der Waals surface area contributed by atoms with E-state index in [1.165, 1.54) is 4.68 Å². The highest BCUT2D eigenvalue weighted by Crippen LogP contribution is 2.27. The second-order valence-electron chi connectivity index (χ2n) is 6.14. The van der Waals surface area contributed by atoms with Gasteiger partial charge in [0.25, 0.3) is 11.8 Å². The number of rotatable bonds is 4. The zero-order valence-electron chi connectivity index (χ0n) is 14.0. The molecule has 3 heterocycles. The fourth-order valence-corrected chi connectivity index (χ4v) is 2.88. The summed E-state index contributed by atoms with van der Waals surface area (Å²) in [5.41, 5.74) is -0.639. The minimum Gasteiger partial charge on any atom is -0.349 e. The molecular weight excluding hydrogens is 325 g/mol. The maximum atomic E-state index is 14.9. The Morgan fingerprint density at radius 1 is 1.20 bits per heavy atom. The summed E-state index contributed by atoms with van der Waals surface area (Å²) in [6.45, 7) is 0.650. The molecule has 0 aliphatic carbocycles. The average Bonchev–Trinajstić information content (AvgIpc) is 3.06. The topological polar surface area (TPSA) is 80.1 Å². The summed E-state index contributed by atoms with van der Waals surface area (Å²) in [7, 11) is 1.68. The molecule has 132 valence electrons. The number of amides is 2. The number of aromatic nitrogens is 3. The van der Waals surface area contributed by atoms with Crippen LogP contribution < -0.4 is 5.32 Å². The highest BCUT2D eigenvalue weighted by molar-refractivity contribution is 5.93. The van der Waals surface area contributed by atoms with Crippen LogP contribution in [0.5, 0.6) is 0 Å². The summed E-state index contributed by atoms with van der Waals surface area (Å²) in [6, 6.07) is 5.15. The van der Waals surface area contributed by atoms with Gasteiger partial charge in [0.05, 0.1) is 0 Å². The van der Waals surface area contributed by atoms with Crippen molar-refractivity contribution in [3.8, 4) is 0 Å². The van der Waals surface area contributed by atoms with Gasteiger partial charge < -0.3 is 10.2 Å². The summed E-state index contributed by atoms with van der Waals surface area (Å²) in [4.78, 5) is 30.1. The highest BCUT2D eigenvalue weighted by atomic mass is 19.1. The zero-order valence-corrected chi connectivity index (χ0v) is 14.0. The Balaban J connectivity index is 1.55. The summed E-state index contributed by atoms with van der Waals surface area (Å²) in [5.74, 6) is -0.823. The van der Waals surface area contributed by atoms with Gasteiger partial charge in [-0.15, -0.1) is 0 Å². The van der Waals surface area contributed by atoms with Gasteiger partial charge >= 0.3 is 0 Å². The molecule has 1 saturated heterocycles. The van der Waals surface area contributed by atoms with Crippen molar-refractivity contribution in [3.63, 3.8) is 0 Å². The number of likely N-dealkylation sites (tertiary alicyclic amines) is 1. The minimum absolute atomic E-state index is 0.0151. The number of carbonyl (C=O) groups is 2. The Labute approximate surface area is 144 Å². The SMILES string of the molecule is Cn1nccc1C(=O)N1CCC(F)(C(=O)NCc2ccncc2)CC1. The lowest BCUT2D eigenvalue weighted by Gasteiger charge is -2.35. The quantitative estimate of drug-likeness (QED) is 0.899. The Kier molecular flexibility index (Phi) is 4.78. The Hall–Kier alpha value is -2.77. The third-order valence-electron chi connectivity index (χ3n) is 4.49. The number of aryl methyl sites for hydroxylation is 1. The second kappa shape index (κ2) is 7.00. The van der Waals surface area contributed by atoms with Crippen molar-refractivity contribution < 1.29 is 14.0 Å². The van der Waals surface area contributed by atoms with Crippen LogP contribution in [0.15, 0.2) is 36.8 Å². The largest absolute Gasteiger partial charge is 0.349 e. The van der Waals surface area contributed by atoms with Gasteiger partial charge in [-0.25, -0.2) is 4.39 Å². The van der Waals surface area contributed by atoms with Crippen molar-refractivity contribution in [1.29, 1.82) is 0 Å². The van der Waals surface area contributed by atoms with E-state index in [9.17, 15) is 14.0 Å². The minimum atomic E-state index is -1.95. The number of alkyl halides is 1. The Morgan fingerprint density at radius 3 is 2.48 bits per heavy atom. The molecule has 8 heteroatoms. The van der Waals surface area contributed by atoms with Gasteiger partial charge in [-0.3, -0.25) is 19.3 Å². The first-order valence-corrected chi connectivity index (χ1v) is 8.13. The summed E-state index contributed by atoms with van der Waals surface area (Å²) < 4.78 is 16.4. The third-order valence-corrected chi connectivity index (χ3v) is 4.49. The molecule has 0 spiro atoms. The van der Waals surface area contributed by atoms with Crippen LogP contribution >= 0.6 is 0 Å². The van der Waals surface area contributed by atoms with E-state index >= 15 is 0 Å². The predicted molar refractivity (Wildman–Crippen MR) is 88.3 cm³/mol. The molecule has 0 radical (unpaired) electrons. The summed E-state index contributed by atoms with van der Waals surface area (Å²) in [6.07, 6.45) is 4.76. The molecule has 0 saturated carbocycles. The number of nitrogens with zero attached hydrogens (tertiary/aromatic N) is 4. The third kappa shape index (κ3) is 3.67. The van der Waals surface area contributed by atoms with Crippen molar-refractivity contribution in [1.82, 2.24) is 25.0 Å². The van der Waals surface area contributed by atoms with E-state index in [0.29, 0.717) is 5.69 Å². The van der Waals surface area contributed by atoms with Crippen LogP contribution in [0.3, 0.4) is 0 Å². The Bertz CT molecular complexity index is 753. The number of nitrogens with one attached hydrogen (secondary N) is 1. The molecule has 0 aromatic carbocycles. The molecule has 1 fully saturated rings. The first kappa shape index (κ1) is 17.1. The molecular formula is C17H20FN5O2. The van der Waals surface area contributed by atoms with Gasteiger partial charge in [-0.1, -0.05) is 0 Å². The Morgan fingerprint density at radius 2 is 1.88 bits per heavy atom. The summed E-state index contributed by atoms with van der Waals surface area (Å²) >= 11 is 0. The number of piperidine rings is 1. The van der Waals surface area contributed by atoms with E-state index in [-0.39, 0.29) is 38.4 Å². The van der Waals surface area contributed by atoms with Gasteiger partial charge in [0, 0.05) is 58.1 Å². The fourth-order valence-electron chi connectivity index (χ4n) is 2.88. The van der Waals surface area contributed by atoms with Gasteiger partial charge in [-0.05, 0) is 23.8 Å². The van der Waals surface area contributed by atoms with Crippen molar-refractivity contribution in [3.05, 3.63) is 48.0 Å². The van der Waals surface area contributed by atoms with Gasteiger partial charge in [-0.2, -0.15) is 5.10 Å². The number of hydrogen-bond donors (Lipinski definition) is 1. The molecule has 0 bridgehead atoms. The first-order valence-electron chi connectivity index (χ1n) is 8.13. The normalized spacial score (nSPS) is 16.5. The second-order valence-corrected chi connectivity index (χ2v) is 6.14. The van der Waals surface area contributed by atoms with Gasteiger partial charge in [0.1, 0.15) is 5.69 Å². The van der Waals surface area contributed by atoms with Gasteiger partial charge in [0.2, 0.25) is 0 Å². The van der Waals surface area contributed by atoms with Crippen LogP contribution in [0.25, 0.3) is 0 Å². The van der Waals surface area contributed by atoms with Crippen LogP contribution in [0.1, 0.15) is 28.9 Å². The van der Waals surface area contributed by atoms with Crippen LogP contribution in [0, 0.1) is 0 Å². The number of halogens is 1. The van der Waals surface area contributed by atoms with E-state index in [1.807, 2.05) is 0 Å². The molecule has 1 aliphatic heterocycles. The number of pyridine rings is 1. The van der Waals surface area contributed by atoms with Gasteiger partial charge in [0.15, 0.2) is 5.67 Å². The smallest absolute Gasteiger partial charge is 0.272 e. The maximum absolute atomic E-state index is 14.9. The summed E-state index contributed by atoms with van der Waals surface area (Å²) in [5, 5.41) is 6.60. The molecule has 3 rings (SSSR count). The maximum Gasteiger partial charge on any atom is 0.272 e. The lowest BCUT2D eigenvalue weighted by Crippen LogP contribution is -2.52. The fraction of sp³-hybridized carbons (Fsp3) is 0.412. The number of hydrogen-bond acceptors (Lipinski definition) is 4. The van der Waals surface area contributed by atoms with Crippen LogP contribution in [0.2, 0.25) is 0 Å². The monoisotopic (exact) mass is 345 g/mol. The molecule has 0 atom stereocenters. The molecule has 0 unspecified atom stereocenters. The van der Waals surface area contributed by atoms with Crippen LogP contribution in [0.4, 0.5) is 4.39 Å². The van der Waals surface area contributed by atoms with Crippen LogP contribution in [-0.4, -0.2) is 50.2 Å². The van der Waals surface area contributed by atoms with E-state index in [2.05, 4.69) is 15.4 Å². The molecule has 7 nitrogen and oxygen atoms in total. The van der Waals surface area contributed by atoms with E-state index in [0.717, 1.165) is 5.56 Å².